The van der Waals surface area contributed by atoms with Crippen LogP contribution in [0, 0.1) is 6.92 Å². The van der Waals surface area contributed by atoms with Crippen molar-refractivity contribution in [2.45, 2.75) is 18.2 Å². The van der Waals surface area contributed by atoms with E-state index in [9.17, 15) is 13.2 Å². The molecule has 0 saturated carbocycles. The number of carbonyl (C=O) groups is 1. The zero-order chi connectivity index (χ0) is 15.6. The van der Waals surface area contributed by atoms with Gasteiger partial charge in [0.2, 0.25) is 15.9 Å². The van der Waals surface area contributed by atoms with Crippen molar-refractivity contribution in [1.29, 1.82) is 0 Å². The van der Waals surface area contributed by atoms with Gasteiger partial charge in [0.15, 0.2) is 5.82 Å². The quantitative estimate of drug-likeness (QED) is 0.860. The molecule has 1 heterocycles. The monoisotopic (exact) mass is 308 g/mol. The van der Waals surface area contributed by atoms with Crippen molar-refractivity contribution in [3.8, 4) is 0 Å². The number of benzene rings is 1. The molecular weight excluding hydrogens is 292 g/mol. The molecule has 0 atom stereocenters. The fourth-order valence-electron chi connectivity index (χ4n) is 1.92. The van der Waals surface area contributed by atoms with Crippen LogP contribution in [0.3, 0.4) is 0 Å². The molecule has 21 heavy (non-hydrogen) atoms. The summed E-state index contributed by atoms with van der Waals surface area (Å²) in [5.41, 5.74) is 1.85. The van der Waals surface area contributed by atoms with E-state index >= 15 is 0 Å². The number of aromatic nitrogens is 2. The van der Waals surface area contributed by atoms with Crippen molar-refractivity contribution in [1.82, 2.24) is 9.78 Å². The Labute approximate surface area is 122 Å². The first-order valence-electron chi connectivity index (χ1n) is 6.18. The standard InChI is InChI=1S/C13H16N4O3S/c1-9-5-3-4-6-10(9)7-12(18)15-13-11(21(14,19)20)8-17(2)16-13/h3-6,8H,7H2,1-2H3,(H2,14,19,20)(H,15,16,18). The van der Waals surface area contributed by atoms with E-state index in [0.717, 1.165) is 11.1 Å². The average Bonchev–Trinajstić information content (AvgIpc) is 2.73. The van der Waals surface area contributed by atoms with Crippen LogP contribution in [0.5, 0.6) is 0 Å². The summed E-state index contributed by atoms with van der Waals surface area (Å²) in [6.07, 6.45) is 1.38. The number of nitrogens with zero attached hydrogens (tertiary/aromatic N) is 2. The highest BCUT2D eigenvalue weighted by atomic mass is 32.2. The predicted octanol–water partition coefficient (Wildman–Crippen LogP) is 0.557. The van der Waals surface area contributed by atoms with Crippen LogP contribution < -0.4 is 10.5 Å². The van der Waals surface area contributed by atoms with Gasteiger partial charge in [-0.15, -0.1) is 0 Å². The summed E-state index contributed by atoms with van der Waals surface area (Å²) in [7, 11) is -2.39. The van der Waals surface area contributed by atoms with Gasteiger partial charge in [-0.25, -0.2) is 13.6 Å². The van der Waals surface area contributed by atoms with E-state index in [0.29, 0.717) is 0 Å². The van der Waals surface area contributed by atoms with Crippen molar-refractivity contribution in [2.24, 2.45) is 12.2 Å². The molecule has 0 unspecified atom stereocenters. The van der Waals surface area contributed by atoms with Gasteiger partial charge in [-0.2, -0.15) is 5.10 Å². The zero-order valence-corrected chi connectivity index (χ0v) is 12.5. The lowest BCUT2D eigenvalue weighted by atomic mass is 10.1. The van der Waals surface area contributed by atoms with Crippen molar-refractivity contribution >= 4 is 21.7 Å². The lowest BCUT2D eigenvalue weighted by Gasteiger charge is -2.06. The molecule has 1 aromatic carbocycles. The maximum absolute atomic E-state index is 12.0. The van der Waals surface area contributed by atoms with Crippen molar-refractivity contribution < 1.29 is 13.2 Å². The van der Waals surface area contributed by atoms with Gasteiger partial charge in [-0.3, -0.25) is 9.48 Å². The minimum Gasteiger partial charge on any atom is -0.308 e. The summed E-state index contributed by atoms with van der Waals surface area (Å²) < 4.78 is 24.1. The molecule has 0 saturated heterocycles. The molecular formula is C13H16N4O3S. The van der Waals surface area contributed by atoms with E-state index in [1.807, 2.05) is 31.2 Å². The fraction of sp³-hybridized carbons (Fsp3) is 0.231. The molecule has 0 aliphatic rings. The fourth-order valence-corrected chi connectivity index (χ4v) is 2.58. The van der Waals surface area contributed by atoms with Crippen LogP contribution in [0.25, 0.3) is 0 Å². The van der Waals surface area contributed by atoms with Gasteiger partial charge in [0.05, 0.1) is 6.42 Å². The summed E-state index contributed by atoms with van der Waals surface area (Å²) >= 11 is 0. The van der Waals surface area contributed by atoms with Crippen LogP contribution in [-0.2, 0) is 28.3 Å². The number of rotatable bonds is 4. The molecule has 0 spiro atoms. The Bertz CT molecular complexity index is 780. The Morgan fingerprint density at radius 2 is 2.05 bits per heavy atom. The molecule has 2 aromatic rings. The molecule has 0 aliphatic heterocycles. The Hall–Kier alpha value is -2.19. The summed E-state index contributed by atoms with van der Waals surface area (Å²) in [5, 5.41) is 11.5. The Balaban J connectivity index is 2.20. The third kappa shape index (κ3) is 3.67. The number of primary sulfonamides is 1. The number of sulfonamides is 1. The molecule has 7 nitrogen and oxygen atoms in total. The highest BCUT2D eigenvalue weighted by Crippen LogP contribution is 2.18. The second-order valence-electron chi connectivity index (χ2n) is 4.71. The van der Waals surface area contributed by atoms with Crippen LogP contribution in [0.1, 0.15) is 11.1 Å². The van der Waals surface area contributed by atoms with Gasteiger partial charge < -0.3 is 5.32 Å². The Morgan fingerprint density at radius 3 is 2.67 bits per heavy atom. The molecule has 1 amide bonds. The predicted molar refractivity (Wildman–Crippen MR) is 78.1 cm³/mol. The number of aryl methyl sites for hydroxylation is 2. The first-order chi connectivity index (χ1) is 9.77. The smallest absolute Gasteiger partial charge is 0.243 e. The number of nitrogens with one attached hydrogen (secondary N) is 1. The van der Waals surface area contributed by atoms with E-state index in [1.165, 1.54) is 10.9 Å². The van der Waals surface area contributed by atoms with Crippen LogP contribution in [0.2, 0.25) is 0 Å². The van der Waals surface area contributed by atoms with E-state index in [-0.39, 0.29) is 23.0 Å². The van der Waals surface area contributed by atoms with Crippen molar-refractivity contribution in [3.63, 3.8) is 0 Å². The van der Waals surface area contributed by atoms with Gasteiger partial charge >= 0.3 is 0 Å². The van der Waals surface area contributed by atoms with E-state index in [4.69, 9.17) is 5.14 Å². The zero-order valence-electron chi connectivity index (χ0n) is 11.7. The second kappa shape index (κ2) is 5.66. The third-order valence-electron chi connectivity index (χ3n) is 2.97. The number of carbonyl (C=O) groups excluding carboxylic acids is 1. The molecule has 112 valence electrons. The van der Waals surface area contributed by atoms with Gasteiger partial charge in [0.1, 0.15) is 4.90 Å². The molecule has 0 radical (unpaired) electrons. The molecule has 0 aliphatic carbocycles. The lowest BCUT2D eigenvalue weighted by Crippen LogP contribution is -2.19. The number of hydrogen-bond donors (Lipinski definition) is 2. The minimum atomic E-state index is -3.94. The largest absolute Gasteiger partial charge is 0.308 e. The van der Waals surface area contributed by atoms with Gasteiger partial charge in [-0.1, -0.05) is 24.3 Å². The number of nitrogens with two attached hydrogens (primary N) is 1. The average molecular weight is 308 g/mol. The maximum Gasteiger partial charge on any atom is 0.243 e. The van der Waals surface area contributed by atoms with Crippen LogP contribution in [0.4, 0.5) is 5.82 Å². The molecule has 3 N–H and O–H groups in total. The van der Waals surface area contributed by atoms with Crippen molar-refractivity contribution in [3.05, 3.63) is 41.6 Å². The number of amides is 1. The second-order valence-corrected chi connectivity index (χ2v) is 6.24. The maximum atomic E-state index is 12.0. The van der Waals surface area contributed by atoms with Crippen LogP contribution in [-0.4, -0.2) is 24.1 Å². The van der Waals surface area contributed by atoms with Crippen molar-refractivity contribution in [2.75, 3.05) is 5.32 Å². The summed E-state index contributed by atoms with van der Waals surface area (Å²) in [6, 6.07) is 7.47. The summed E-state index contributed by atoms with van der Waals surface area (Å²) in [5.74, 6) is -0.411. The summed E-state index contributed by atoms with van der Waals surface area (Å²) in [6.45, 7) is 1.90. The first-order valence-corrected chi connectivity index (χ1v) is 7.73. The van der Waals surface area contributed by atoms with Gasteiger partial charge in [0, 0.05) is 13.2 Å². The van der Waals surface area contributed by atoms with E-state index in [2.05, 4.69) is 10.4 Å². The van der Waals surface area contributed by atoms with Gasteiger partial charge in [0.25, 0.3) is 0 Å². The highest BCUT2D eigenvalue weighted by molar-refractivity contribution is 7.89. The van der Waals surface area contributed by atoms with Gasteiger partial charge in [-0.05, 0) is 18.1 Å². The molecule has 0 fully saturated rings. The molecule has 8 heteroatoms. The lowest BCUT2D eigenvalue weighted by molar-refractivity contribution is -0.115. The number of hydrogen-bond acceptors (Lipinski definition) is 4. The molecule has 2 rings (SSSR count). The minimum absolute atomic E-state index is 0.0569. The van der Waals surface area contributed by atoms with Crippen LogP contribution in [0.15, 0.2) is 35.4 Å². The Morgan fingerprint density at radius 1 is 1.38 bits per heavy atom. The SMILES string of the molecule is Cc1ccccc1CC(=O)Nc1nn(C)cc1S(N)(=O)=O. The normalized spacial score (nSPS) is 11.4. The van der Waals surface area contributed by atoms with E-state index < -0.39 is 10.0 Å². The Kier molecular flexibility index (Phi) is 4.10. The molecule has 0 bridgehead atoms. The summed E-state index contributed by atoms with van der Waals surface area (Å²) in [4.78, 5) is 11.8. The van der Waals surface area contributed by atoms with E-state index in [1.54, 1.807) is 7.05 Å². The molecule has 1 aromatic heterocycles. The highest BCUT2D eigenvalue weighted by Gasteiger charge is 2.20. The number of anilines is 1. The topological polar surface area (TPSA) is 107 Å². The first kappa shape index (κ1) is 15.2. The van der Waals surface area contributed by atoms with Crippen LogP contribution >= 0.6 is 0 Å². The third-order valence-corrected chi connectivity index (χ3v) is 3.88.